The van der Waals surface area contributed by atoms with Gasteiger partial charge >= 0.3 is 0 Å². The Morgan fingerprint density at radius 2 is 1.68 bits per heavy atom. The summed E-state index contributed by atoms with van der Waals surface area (Å²) in [4.78, 5) is 52.4. The molecule has 75 heavy (non-hydrogen) atoms. The minimum Gasteiger partial charge on any atom is -0.455 e. The van der Waals surface area contributed by atoms with E-state index < -0.39 is 37.0 Å². The summed E-state index contributed by atoms with van der Waals surface area (Å²) in [6, 6.07) is 30.0. The van der Waals surface area contributed by atoms with Crippen LogP contribution in [0, 0.1) is 21.4 Å². The van der Waals surface area contributed by atoms with E-state index in [1.54, 1.807) is 31.3 Å². The van der Waals surface area contributed by atoms with Gasteiger partial charge in [-0.1, -0.05) is 62.4 Å². The first-order valence-electron chi connectivity index (χ1n) is 26.4. The lowest BCUT2D eigenvalue weighted by molar-refractivity contribution is -0.384. The number of H-pyrrole nitrogens is 1. The maximum absolute atomic E-state index is 14.1. The third kappa shape index (κ3) is 11.5. The van der Waals surface area contributed by atoms with Crippen molar-refractivity contribution in [3.05, 3.63) is 147 Å². The summed E-state index contributed by atoms with van der Waals surface area (Å²) in [5, 5.41) is 26.5. The Morgan fingerprint density at radius 1 is 0.933 bits per heavy atom. The molecule has 10 rings (SSSR count). The van der Waals surface area contributed by atoms with Crippen LogP contribution < -0.4 is 19.7 Å². The van der Waals surface area contributed by atoms with Crippen molar-refractivity contribution in [3.8, 4) is 11.5 Å². The molecule has 1 unspecified atom stereocenters. The van der Waals surface area contributed by atoms with E-state index >= 15 is 0 Å². The number of sulfonamides is 1. The molecule has 4 aromatic carbocycles. The highest BCUT2D eigenvalue weighted by Gasteiger charge is 2.50. The third-order valence-corrected chi connectivity index (χ3v) is 17.9. The van der Waals surface area contributed by atoms with Crippen molar-refractivity contribution in [1.29, 1.82) is 0 Å². The number of nitrogens with one attached hydrogen (secondary N) is 3. The summed E-state index contributed by atoms with van der Waals surface area (Å²) in [7, 11) is -4.59. The van der Waals surface area contributed by atoms with Gasteiger partial charge in [-0.15, -0.1) is 0 Å². The Labute approximate surface area is 439 Å². The number of amides is 1. The number of hydrogen-bond donors (Lipinski definition) is 4. The molecule has 1 spiro atoms. The quantitative estimate of drug-likeness (QED) is 0.0405. The summed E-state index contributed by atoms with van der Waals surface area (Å²) >= 11 is 0. The molecule has 1 amide bonds. The third-order valence-electron chi connectivity index (χ3n) is 16.5. The molecule has 2 aliphatic heterocycles. The average Bonchev–Trinajstić information content (AvgIpc) is 3.87. The number of aliphatic hydroxyl groups is 1. The summed E-state index contributed by atoms with van der Waals surface area (Å²) in [6.07, 6.45) is 10.3. The van der Waals surface area contributed by atoms with Crippen molar-refractivity contribution in [3.63, 3.8) is 0 Å². The number of piperidine rings is 1. The average molecular weight is 1040 g/mol. The van der Waals surface area contributed by atoms with Crippen LogP contribution >= 0.6 is 0 Å². The number of aromatic nitrogens is 2. The topological polar surface area (TPSA) is 203 Å². The van der Waals surface area contributed by atoms with Crippen molar-refractivity contribution in [1.82, 2.24) is 24.5 Å². The van der Waals surface area contributed by atoms with Crippen LogP contribution in [0.4, 0.5) is 17.1 Å². The number of benzene rings is 4. The fraction of sp³-hybridized carbons (Fsp3) is 0.431. The number of piperazine rings is 1. The standard InChI is InChI=1S/C58H68N8O8S/c1-38(2)48-7-5-6-8-49(48)53-37-63(36-41-9-11-42(12-10-41)39(3)67)27-28-65(53)45-32-58(33-45)22-25-64(26-23-58)44-13-15-50(54(30-44)74-46-29-43-19-24-59-55(43)61-35-46)56(68)62-75(72,73)47-14-16-51(52(31-47)66(70)71)60-34-40-17-20-57(4,69)21-18-40/h5-16,19,24,29-31,35,38,40,45,53,60,69H,17-18,20-23,25-28,32-34,36-37H2,1-4H3,(H,59,61)(H,62,68)/t40-,53?,57-. The number of rotatable bonds is 16. The van der Waals surface area contributed by atoms with Gasteiger partial charge in [-0.3, -0.25) is 29.5 Å². The highest BCUT2D eigenvalue weighted by Crippen LogP contribution is 2.53. The minimum absolute atomic E-state index is 0.0365. The highest BCUT2D eigenvalue weighted by molar-refractivity contribution is 7.90. The molecular formula is C58H68N8O8S. The normalized spacial score (nSPS) is 21.5. The number of hydrogen-bond acceptors (Lipinski definition) is 13. The first-order valence-corrected chi connectivity index (χ1v) is 27.9. The number of aromatic amines is 1. The van der Waals surface area contributed by atoms with Crippen LogP contribution in [-0.4, -0.2) is 101 Å². The van der Waals surface area contributed by atoms with E-state index in [1.807, 2.05) is 31.2 Å². The van der Waals surface area contributed by atoms with E-state index in [9.17, 15) is 33.2 Å². The second-order valence-corrected chi connectivity index (χ2v) is 23.8. The molecule has 0 bridgehead atoms. The summed E-state index contributed by atoms with van der Waals surface area (Å²) in [6.45, 7) is 13.7. The monoisotopic (exact) mass is 1040 g/mol. The molecular weight excluding hydrogens is 969 g/mol. The number of ketones is 1. The fourth-order valence-electron chi connectivity index (χ4n) is 12.0. The van der Waals surface area contributed by atoms with Gasteiger partial charge in [0, 0.05) is 92.9 Å². The highest BCUT2D eigenvalue weighted by atomic mass is 32.2. The smallest absolute Gasteiger partial charge is 0.293 e. The summed E-state index contributed by atoms with van der Waals surface area (Å²) in [5.74, 6) is 0.197. The molecule has 4 fully saturated rings. The number of carbonyl (C=O) groups is 2. The number of ether oxygens (including phenoxy) is 1. The van der Waals surface area contributed by atoms with E-state index in [1.165, 1.54) is 35.0 Å². The van der Waals surface area contributed by atoms with E-state index in [0.29, 0.717) is 42.7 Å². The molecule has 394 valence electrons. The van der Waals surface area contributed by atoms with Crippen LogP contribution in [0.5, 0.6) is 11.5 Å². The Hall–Kier alpha value is -6.66. The zero-order valence-electron chi connectivity index (χ0n) is 43.3. The largest absolute Gasteiger partial charge is 0.455 e. The van der Waals surface area contributed by atoms with Crippen LogP contribution in [-0.2, 0) is 16.6 Å². The Bertz CT molecular complexity index is 3190. The maximum atomic E-state index is 14.1. The van der Waals surface area contributed by atoms with Crippen LogP contribution in [0.2, 0.25) is 0 Å². The SMILES string of the molecule is CC(=O)c1ccc(CN2CCN(C3CC4(CCN(c5ccc(C(=O)NS(=O)(=O)c6ccc(NC[C@H]7CC[C@](C)(O)CC7)c([N+](=O)[O-])c6)c(Oc6cnc7[nH]ccc7c6)c5)CC4)C3)C(c3ccccc3C(C)C)C2)cc1. The van der Waals surface area contributed by atoms with Crippen molar-refractivity contribution in [2.45, 2.75) is 114 Å². The Balaban J connectivity index is 0.829. The molecule has 2 saturated carbocycles. The molecule has 2 aliphatic carbocycles. The second-order valence-electron chi connectivity index (χ2n) is 22.1. The molecule has 17 heteroatoms. The molecule has 0 radical (unpaired) electrons. The first-order chi connectivity index (χ1) is 35.9. The lowest BCUT2D eigenvalue weighted by Crippen LogP contribution is -2.60. The molecule has 6 aromatic rings. The van der Waals surface area contributed by atoms with Gasteiger partial charge in [-0.25, -0.2) is 18.1 Å². The zero-order valence-corrected chi connectivity index (χ0v) is 44.1. The number of nitro benzene ring substituents is 1. The molecule has 2 aromatic heterocycles. The number of carbonyl (C=O) groups excluding carboxylic acids is 2. The molecule has 4 aliphatic rings. The molecule has 1 atom stereocenters. The van der Waals surface area contributed by atoms with Gasteiger partial charge in [-0.2, -0.15) is 0 Å². The van der Waals surface area contributed by atoms with Gasteiger partial charge in [-0.05, 0) is 136 Å². The number of anilines is 2. The van der Waals surface area contributed by atoms with Crippen molar-refractivity contribution in [2.24, 2.45) is 11.3 Å². The number of nitrogens with zero attached hydrogens (tertiary/aromatic N) is 5. The number of Topliss-reactive ketones (excluding diaryl/α,β-unsaturated/α-hetero) is 1. The molecule has 2 saturated heterocycles. The van der Waals surface area contributed by atoms with Gasteiger partial charge in [0.05, 0.1) is 27.2 Å². The van der Waals surface area contributed by atoms with Crippen LogP contribution in [0.15, 0.2) is 114 Å². The lowest BCUT2D eigenvalue weighted by atomic mass is 9.59. The van der Waals surface area contributed by atoms with E-state index in [0.717, 1.165) is 100 Å². The predicted octanol–water partition coefficient (Wildman–Crippen LogP) is 10.4. The van der Waals surface area contributed by atoms with Gasteiger partial charge in [0.1, 0.15) is 22.8 Å². The van der Waals surface area contributed by atoms with E-state index in [4.69, 9.17) is 4.74 Å². The van der Waals surface area contributed by atoms with Crippen molar-refractivity contribution in [2.75, 3.05) is 49.5 Å². The van der Waals surface area contributed by atoms with Crippen molar-refractivity contribution < 1.29 is 32.8 Å². The van der Waals surface area contributed by atoms with Crippen LogP contribution in [0.3, 0.4) is 0 Å². The Kier molecular flexibility index (Phi) is 14.6. The van der Waals surface area contributed by atoms with Crippen molar-refractivity contribution >= 4 is 49.8 Å². The first kappa shape index (κ1) is 51.8. The Morgan fingerprint density at radius 3 is 2.40 bits per heavy atom. The zero-order chi connectivity index (χ0) is 52.6. The molecule has 4 N–H and O–H groups in total. The van der Waals surface area contributed by atoms with Crippen LogP contribution in [0.1, 0.15) is 128 Å². The molecule has 16 nitrogen and oxygen atoms in total. The lowest BCUT2D eigenvalue weighted by Gasteiger charge is -2.58. The fourth-order valence-corrected chi connectivity index (χ4v) is 13.0. The van der Waals surface area contributed by atoms with Gasteiger partial charge in [0.15, 0.2) is 5.78 Å². The number of pyridine rings is 1. The predicted molar refractivity (Wildman–Crippen MR) is 290 cm³/mol. The van der Waals surface area contributed by atoms with Gasteiger partial charge in [0.2, 0.25) is 0 Å². The van der Waals surface area contributed by atoms with E-state index in [-0.39, 0.29) is 40.2 Å². The second kappa shape index (κ2) is 21.2. The molecule has 4 heterocycles. The number of nitro groups is 1. The van der Waals surface area contributed by atoms with E-state index in [2.05, 4.69) is 85.0 Å². The van der Waals surface area contributed by atoms with Gasteiger partial charge < -0.3 is 25.0 Å². The minimum atomic E-state index is -4.59. The maximum Gasteiger partial charge on any atom is 0.293 e. The number of fused-ring (bicyclic) bond motifs is 1. The van der Waals surface area contributed by atoms with Gasteiger partial charge in [0.25, 0.3) is 21.6 Å². The summed E-state index contributed by atoms with van der Waals surface area (Å²) in [5.41, 5.74) is 5.43. The van der Waals surface area contributed by atoms with Crippen LogP contribution in [0.25, 0.3) is 11.0 Å². The summed E-state index contributed by atoms with van der Waals surface area (Å²) < 4.78 is 36.3.